The van der Waals surface area contributed by atoms with Crippen LogP contribution in [-0.2, 0) is 11.3 Å². The minimum atomic E-state index is -0.415. The summed E-state index contributed by atoms with van der Waals surface area (Å²) in [5, 5.41) is 10.5. The number of phenolic OH excluding ortho intramolecular Hbond substituents is 1. The van der Waals surface area contributed by atoms with Crippen LogP contribution in [-0.4, -0.2) is 42.0 Å². The van der Waals surface area contributed by atoms with E-state index in [-0.39, 0.29) is 17.3 Å². The second-order valence-corrected chi connectivity index (χ2v) is 8.63. The van der Waals surface area contributed by atoms with E-state index < -0.39 is 5.97 Å². The van der Waals surface area contributed by atoms with Crippen LogP contribution in [0.5, 0.6) is 11.5 Å². The van der Waals surface area contributed by atoms with E-state index in [0.29, 0.717) is 40.8 Å². The number of rotatable bonds is 4. The average molecular weight is 421 g/mol. The van der Waals surface area contributed by atoms with Crippen LogP contribution in [0.25, 0.3) is 6.08 Å². The third-order valence-electron chi connectivity index (χ3n) is 5.87. The van der Waals surface area contributed by atoms with Crippen molar-refractivity contribution in [3.05, 3.63) is 64.4 Å². The monoisotopic (exact) mass is 421 g/mol. The number of allylic oxidation sites excluding steroid dienone is 1. The topological polar surface area (TPSA) is 76.1 Å². The first-order chi connectivity index (χ1) is 14.9. The van der Waals surface area contributed by atoms with Crippen LogP contribution in [0.2, 0.25) is 0 Å². The summed E-state index contributed by atoms with van der Waals surface area (Å²) in [5.41, 5.74) is 2.27. The van der Waals surface area contributed by atoms with Gasteiger partial charge in [0.05, 0.1) is 23.8 Å². The smallest absolute Gasteiger partial charge is 0.337 e. The number of Topliss-reactive ketones (excluding diaryl/α,β-unsaturated/α-hetero) is 1. The van der Waals surface area contributed by atoms with E-state index in [1.807, 2.05) is 0 Å². The molecule has 0 saturated carbocycles. The Kier molecular flexibility index (Phi) is 5.83. The standard InChI is InChI=1S/C25H27NO5/c1-15-10-16(2)13-26(12-15)14-20-21(27)9-8-19-23(28)22(31-24(19)20)11-17-4-6-18(7-5-17)25(29)30-3/h4-9,11,15-16,27H,10,12-14H2,1-3H3/b22-11-/t15-,16+. The minimum absolute atomic E-state index is 0.140. The lowest BCUT2D eigenvalue weighted by Gasteiger charge is -2.35. The van der Waals surface area contributed by atoms with Crippen molar-refractivity contribution in [3.63, 3.8) is 0 Å². The highest BCUT2D eigenvalue weighted by atomic mass is 16.5. The van der Waals surface area contributed by atoms with Crippen LogP contribution in [0.3, 0.4) is 0 Å². The maximum Gasteiger partial charge on any atom is 0.337 e. The van der Waals surface area contributed by atoms with Crippen LogP contribution in [0, 0.1) is 11.8 Å². The van der Waals surface area contributed by atoms with Gasteiger partial charge < -0.3 is 14.6 Å². The molecule has 162 valence electrons. The number of benzene rings is 2. The molecule has 31 heavy (non-hydrogen) atoms. The molecule has 0 bridgehead atoms. The summed E-state index contributed by atoms with van der Waals surface area (Å²) in [4.78, 5) is 26.8. The number of ketones is 1. The van der Waals surface area contributed by atoms with Gasteiger partial charge >= 0.3 is 5.97 Å². The molecule has 2 heterocycles. The summed E-state index contributed by atoms with van der Waals surface area (Å²) in [6.07, 6.45) is 2.85. The van der Waals surface area contributed by atoms with Gasteiger partial charge in [-0.05, 0) is 54.2 Å². The molecule has 6 nitrogen and oxygen atoms in total. The maximum atomic E-state index is 12.9. The Morgan fingerprint density at radius 2 is 1.84 bits per heavy atom. The number of nitrogens with zero attached hydrogens (tertiary/aromatic N) is 1. The van der Waals surface area contributed by atoms with Crippen molar-refractivity contribution in [2.75, 3.05) is 20.2 Å². The fraction of sp³-hybridized carbons (Fsp3) is 0.360. The maximum absolute atomic E-state index is 12.9. The SMILES string of the molecule is COC(=O)c1ccc(/C=C2\Oc3c(ccc(O)c3CN3C[C@H](C)C[C@H](C)C3)C2=O)cc1. The first kappa shape index (κ1) is 21.1. The van der Waals surface area contributed by atoms with Gasteiger partial charge in [-0.25, -0.2) is 4.79 Å². The molecule has 0 amide bonds. The highest BCUT2D eigenvalue weighted by molar-refractivity contribution is 6.15. The van der Waals surface area contributed by atoms with Gasteiger partial charge in [0, 0.05) is 19.6 Å². The molecular formula is C25H27NO5. The summed E-state index contributed by atoms with van der Waals surface area (Å²) >= 11 is 0. The molecule has 2 aliphatic heterocycles. The number of carbonyl (C=O) groups is 2. The van der Waals surface area contributed by atoms with Gasteiger partial charge in [0.25, 0.3) is 0 Å². The number of esters is 1. The number of ether oxygens (including phenoxy) is 2. The Morgan fingerprint density at radius 3 is 2.48 bits per heavy atom. The molecule has 0 aliphatic carbocycles. The molecule has 0 unspecified atom stereocenters. The molecule has 2 aromatic rings. The number of carbonyl (C=O) groups excluding carboxylic acids is 2. The first-order valence-electron chi connectivity index (χ1n) is 10.6. The van der Waals surface area contributed by atoms with Crippen LogP contribution in [0.1, 0.15) is 52.1 Å². The van der Waals surface area contributed by atoms with Gasteiger partial charge in [0.2, 0.25) is 5.78 Å². The number of aromatic hydroxyl groups is 1. The number of fused-ring (bicyclic) bond motifs is 1. The minimum Gasteiger partial charge on any atom is -0.507 e. The van der Waals surface area contributed by atoms with Crippen molar-refractivity contribution >= 4 is 17.8 Å². The van der Waals surface area contributed by atoms with Gasteiger partial charge in [-0.15, -0.1) is 0 Å². The summed E-state index contributed by atoms with van der Waals surface area (Å²) in [5.74, 6) is 1.33. The van der Waals surface area contributed by atoms with E-state index in [0.717, 1.165) is 18.7 Å². The van der Waals surface area contributed by atoms with Gasteiger partial charge in [-0.3, -0.25) is 9.69 Å². The van der Waals surface area contributed by atoms with Crippen LogP contribution in [0.15, 0.2) is 42.2 Å². The number of hydrogen-bond acceptors (Lipinski definition) is 6. The fourth-order valence-corrected chi connectivity index (χ4v) is 4.58. The van der Waals surface area contributed by atoms with Crippen molar-refractivity contribution in [2.24, 2.45) is 11.8 Å². The van der Waals surface area contributed by atoms with E-state index in [1.165, 1.54) is 13.5 Å². The predicted octanol–water partition coefficient (Wildman–Crippen LogP) is 4.27. The van der Waals surface area contributed by atoms with Crippen molar-refractivity contribution in [3.8, 4) is 11.5 Å². The number of piperidine rings is 1. The lowest BCUT2D eigenvalue weighted by atomic mass is 9.91. The van der Waals surface area contributed by atoms with Gasteiger partial charge in [-0.2, -0.15) is 0 Å². The van der Waals surface area contributed by atoms with Crippen molar-refractivity contribution in [2.45, 2.75) is 26.8 Å². The summed E-state index contributed by atoms with van der Waals surface area (Å²) in [7, 11) is 1.33. The molecule has 4 rings (SSSR count). The van der Waals surface area contributed by atoms with E-state index in [2.05, 4.69) is 18.7 Å². The molecule has 2 atom stereocenters. The predicted molar refractivity (Wildman–Crippen MR) is 117 cm³/mol. The highest BCUT2D eigenvalue weighted by Crippen LogP contribution is 2.40. The van der Waals surface area contributed by atoms with Crippen molar-refractivity contribution in [1.82, 2.24) is 4.90 Å². The van der Waals surface area contributed by atoms with E-state index >= 15 is 0 Å². The zero-order valence-corrected chi connectivity index (χ0v) is 18.1. The van der Waals surface area contributed by atoms with Gasteiger partial charge in [0.15, 0.2) is 5.76 Å². The summed E-state index contributed by atoms with van der Waals surface area (Å²) in [6, 6.07) is 9.92. The Bertz CT molecular complexity index is 1030. The molecule has 0 radical (unpaired) electrons. The molecule has 0 aromatic heterocycles. The van der Waals surface area contributed by atoms with E-state index in [4.69, 9.17) is 9.47 Å². The molecule has 1 saturated heterocycles. The van der Waals surface area contributed by atoms with Crippen molar-refractivity contribution < 1.29 is 24.2 Å². The summed E-state index contributed by atoms with van der Waals surface area (Å²) < 4.78 is 10.7. The van der Waals surface area contributed by atoms with Crippen LogP contribution < -0.4 is 4.74 Å². The zero-order chi connectivity index (χ0) is 22.1. The molecular weight excluding hydrogens is 394 g/mol. The fourth-order valence-electron chi connectivity index (χ4n) is 4.58. The normalized spacial score (nSPS) is 22.3. The third-order valence-corrected chi connectivity index (χ3v) is 5.87. The van der Waals surface area contributed by atoms with Crippen molar-refractivity contribution in [1.29, 1.82) is 0 Å². The molecule has 0 spiro atoms. The second kappa shape index (κ2) is 8.55. The molecule has 2 aliphatic rings. The zero-order valence-electron chi connectivity index (χ0n) is 18.1. The lowest BCUT2D eigenvalue weighted by molar-refractivity contribution is 0.0600. The summed E-state index contributed by atoms with van der Waals surface area (Å²) in [6.45, 7) is 6.93. The number of likely N-dealkylation sites (tertiary alicyclic amines) is 1. The molecule has 1 N–H and O–H groups in total. The van der Waals surface area contributed by atoms with Gasteiger partial charge in [-0.1, -0.05) is 26.0 Å². The van der Waals surface area contributed by atoms with E-state index in [9.17, 15) is 14.7 Å². The average Bonchev–Trinajstić information content (AvgIpc) is 3.05. The van der Waals surface area contributed by atoms with Crippen LogP contribution in [0.4, 0.5) is 0 Å². The first-order valence-corrected chi connectivity index (χ1v) is 10.6. The molecule has 1 fully saturated rings. The van der Waals surface area contributed by atoms with Crippen LogP contribution >= 0.6 is 0 Å². The largest absolute Gasteiger partial charge is 0.507 e. The second-order valence-electron chi connectivity index (χ2n) is 8.63. The van der Waals surface area contributed by atoms with E-state index in [1.54, 1.807) is 42.5 Å². The highest BCUT2D eigenvalue weighted by Gasteiger charge is 2.32. The molecule has 2 aromatic carbocycles. The lowest BCUT2D eigenvalue weighted by Crippen LogP contribution is -2.38. The Morgan fingerprint density at radius 1 is 1.16 bits per heavy atom. The number of methoxy groups -OCH3 is 1. The Labute approximate surface area is 182 Å². The number of phenols is 1. The number of hydrogen-bond donors (Lipinski definition) is 1. The Hall–Kier alpha value is -3.12. The van der Waals surface area contributed by atoms with Gasteiger partial charge in [0.1, 0.15) is 11.5 Å². The quantitative estimate of drug-likeness (QED) is 0.587. The molecule has 6 heteroatoms. The Balaban J connectivity index is 1.59. The third kappa shape index (κ3) is 4.35.